The number of ether oxygens (including phenoxy) is 6. The summed E-state index contributed by atoms with van der Waals surface area (Å²) in [6, 6.07) is 13.9. The molecule has 10 heteroatoms. The highest BCUT2D eigenvalue weighted by molar-refractivity contribution is 6.39. The highest BCUT2D eigenvalue weighted by Gasteiger charge is 2.27. The van der Waals surface area contributed by atoms with E-state index >= 15 is 0 Å². The van der Waals surface area contributed by atoms with Crippen LogP contribution in [0.15, 0.2) is 48.5 Å². The highest BCUT2D eigenvalue weighted by Crippen LogP contribution is 2.55. The molecule has 0 aliphatic carbocycles. The fourth-order valence-electron chi connectivity index (χ4n) is 7.11. The molecule has 0 spiro atoms. The number of phenols is 2. The number of carbonyl (C=O) groups is 2. The fraction of sp³-hybridized carbons (Fsp3) is 0.158. The quantitative estimate of drug-likeness (QED) is 0.125. The third-order valence-electron chi connectivity index (χ3n) is 9.14. The summed E-state index contributed by atoms with van der Waals surface area (Å²) in [5, 5.41) is 29.8. The molecule has 7 rings (SSSR count). The Morgan fingerprint density at radius 1 is 0.417 bits per heavy atom. The second-order valence-electron chi connectivity index (χ2n) is 11.2. The Morgan fingerprint density at radius 3 is 1.04 bits per heavy atom. The molecule has 48 heavy (non-hydrogen) atoms. The van der Waals surface area contributed by atoms with Gasteiger partial charge in [-0.05, 0) is 48.5 Å². The molecule has 0 aliphatic rings. The van der Waals surface area contributed by atoms with E-state index in [1.165, 1.54) is 40.6 Å². The maximum Gasteiger partial charge on any atom is 0.169 e. The molecule has 0 fully saturated rings. The molecule has 2 N–H and O–H groups in total. The molecule has 0 atom stereocenters. The topological polar surface area (TPSA) is 130 Å². The molecule has 10 nitrogen and oxygen atoms in total. The maximum atomic E-state index is 12.2. The molecule has 7 aromatic carbocycles. The van der Waals surface area contributed by atoms with Crippen molar-refractivity contribution in [2.75, 3.05) is 42.7 Å². The van der Waals surface area contributed by atoms with Crippen LogP contribution in [-0.4, -0.2) is 65.4 Å². The lowest BCUT2D eigenvalue weighted by Crippen LogP contribution is -1.98. The summed E-state index contributed by atoms with van der Waals surface area (Å²) < 4.78 is 35.2. The average molecular weight is 647 g/mol. The normalized spacial score (nSPS) is 11.5. The molecule has 0 bridgehead atoms. The molecule has 0 aromatic heterocycles. The number of benzene rings is 7. The van der Waals surface area contributed by atoms with Gasteiger partial charge in [-0.3, -0.25) is 9.59 Å². The first kappa shape index (κ1) is 30.5. The molecule has 242 valence electrons. The van der Waals surface area contributed by atoms with Crippen LogP contribution in [-0.2, 0) is 0 Å². The molecule has 0 heterocycles. The third-order valence-corrected chi connectivity index (χ3v) is 9.14. The molecule has 0 radical (unpaired) electrons. The Morgan fingerprint density at radius 2 is 0.729 bits per heavy atom. The van der Waals surface area contributed by atoms with Crippen LogP contribution in [0.25, 0.3) is 64.6 Å². The van der Waals surface area contributed by atoms with E-state index in [0.717, 1.165) is 0 Å². The Kier molecular flexibility index (Phi) is 7.16. The summed E-state index contributed by atoms with van der Waals surface area (Å²) >= 11 is 0. The van der Waals surface area contributed by atoms with Crippen LogP contribution in [0.1, 0.15) is 20.7 Å². The average Bonchev–Trinajstić information content (AvgIpc) is 3.12. The number of hydrogen-bond donors (Lipinski definition) is 2. The lowest BCUT2D eigenvalue weighted by molar-refractivity contribution is 0.111. The van der Waals surface area contributed by atoms with Crippen LogP contribution in [0.5, 0.6) is 46.0 Å². The predicted octanol–water partition coefficient (Wildman–Crippen LogP) is 7.69. The molecule has 0 aliphatic heterocycles. The van der Waals surface area contributed by atoms with E-state index in [1.807, 2.05) is 24.3 Å². The van der Waals surface area contributed by atoms with E-state index in [-0.39, 0.29) is 22.6 Å². The number of carbonyl (C=O) groups excluding carboxylic acids is 2. The van der Waals surface area contributed by atoms with Crippen molar-refractivity contribution >= 4 is 77.2 Å². The fourth-order valence-corrected chi connectivity index (χ4v) is 7.11. The van der Waals surface area contributed by atoms with Crippen LogP contribution >= 0.6 is 0 Å². The smallest absolute Gasteiger partial charge is 0.169 e. The number of fused-ring (bicyclic) bond motifs is 11. The van der Waals surface area contributed by atoms with Gasteiger partial charge in [-0.2, -0.15) is 0 Å². The zero-order chi connectivity index (χ0) is 34.0. The number of hydrogen-bond acceptors (Lipinski definition) is 10. The van der Waals surface area contributed by atoms with Crippen molar-refractivity contribution in [1.82, 2.24) is 0 Å². The summed E-state index contributed by atoms with van der Waals surface area (Å²) in [6.07, 6.45) is 1.14. The van der Waals surface area contributed by atoms with Gasteiger partial charge in [0.1, 0.15) is 34.5 Å². The van der Waals surface area contributed by atoms with E-state index in [9.17, 15) is 19.8 Å². The Bertz CT molecular complexity index is 2360. The van der Waals surface area contributed by atoms with E-state index in [2.05, 4.69) is 0 Å². The SMILES string of the molecule is COc1cc(C=O)c(O)c2c1cc(OC)c1ccc3c(OC)c(OC)c4ccc5c(OC)cc6c(OC)cc(C=O)c(O)c6c5c4c3c12. The van der Waals surface area contributed by atoms with Crippen molar-refractivity contribution in [2.24, 2.45) is 0 Å². The summed E-state index contributed by atoms with van der Waals surface area (Å²) in [5.41, 5.74) is 0.0603. The van der Waals surface area contributed by atoms with Gasteiger partial charge < -0.3 is 38.6 Å². The van der Waals surface area contributed by atoms with Gasteiger partial charge in [-0.1, -0.05) is 0 Å². The minimum atomic E-state index is -0.251. The van der Waals surface area contributed by atoms with E-state index in [4.69, 9.17) is 28.4 Å². The van der Waals surface area contributed by atoms with Crippen LogP contribution in [0, 0.1) is 0 Å². The number of aromatic hydroxyl groups is 2. The number of methoxy groups -OCH3 is 6. The Balaban J connectivity index is 1.98. The van der Waals surface area contributed by atoms with Crippen LogP contribution in [0.4, 0.5) is 0 Å². The number of phenolic OH excluding ortho intramolecular Hbond substituents is 2. The van der Waals surface area contributed by atoms with Crippen molar-refractivity contribution in [3.63, 3.8) is 0 Å². The molecule has 7 aromatic rings. The van der Waals surface area contributed by atoms with Crippen molar-refractivity contribution in [3.8, 4) is 46.0 Å². The maximum absolute atomic E-state index is 12.2. The third kappa shape index (κ3) is 3.92. The molecule has 0 amide bonds. The van der Waals surface area contributed by atoms with Crippen molar-refractivity contribution in [2.45, 2.75) is 0 Å². The molecular weight excluding hydrogens is 616 g/mol. The highest BCUT2D eigenvalue weighted by atomic mass is 16.5. The molecule has 0 unspecified atom stereocenters. The summed E-state index contributed by atoms with van der Waals surface area (Å²) in [4.78, 5) is 24.5. The number of rotatable bonds is 8. The standard InChI is InChI=1S/C38H30O10/c1-43-25-11-17(15-39)35(41)33-23(25)13-27(45-3)19-7-9-21-31(29(19)33)32-22(38(48-6)37(21)47-5)10-8-20-28(46-4)14-24-26(44-2)12-18(16-40)36(42)34(24)30(20)32/h7-16,41-42H,1-6H3. The Labute approximate surface area is 273 Å². The van der Waals surface area contributed by atoms with E-state index in [0.29, 0.717) is 112 Å². The summed E-state index contributed by atoms with van der Waals surface area (Å²) in [6.45, 7) is 0. The molecule has 0 saturated carbocycles. The van der Waals surface area contributed by atoms with Crippen molar-refractivity contribution in [3.05, 3.63) is 59.7 Å². The minimum Gasteiger partial charge on any atom is -0.507 e. The predicted molar refractivity (Wildman–Crippen MR) is 185 cm³/mol. The second-order valence-corrected chi connectivity index (χ2v) is 11.2. The van der Waals surface area contributed by atoms with Gasteiger partial charge >= 0.3 is 0 Å². The first-order chi connectivity index (χ1) is 23.3. The second kappa shape index (κ2) is 11.3. The van der Waals surface area contributed by atoms with Gasteiger partial charge in [-0.25, -0.2) is 0 Å². The van der Waals surface area contributed by atoms with Crippen LogP contribution < -0.4 is 28.4 Å². The van der Waals surface area contributed by atoms with Crippen LogP contribution in [0.3, 0.4) is 0 Å². The van der Waals surface area contributed by atoms with Gasteiger partial charge in [0.15, 0.2) is 24.1 Å². The van der Waals surface area contributed by atoms with E-state index < -0.39 is 0 Å². The van der Waals surface area contributed by atoms with Gasteiger partial charge in [0.05, 0.1) is 53.8 Å². The van der Waals surface area contributed by atoms with Crippen molar-refractivity contribution in [1.29, 1.82) is 0 Å². The summed E-state index contributed by atoms with van der Waals surface area (Å²) in [5.74, 6) is 1.99. The first-order valence-electron chi connectivity index (χ1n) is 14.8. The van der Waals surface area contributed by atoms with Gasteiger partial charge in [0.25, 0.3) is 0 Å². The monoisotopic (exact) mass is 646 g/mol. The van der Waals surface area contributed by atoms with E-state index in [1.54, 1.807) is 26.4 Å². The van der Waals surface area contributed by atoms with Gasteiger partial charge in [-0.15, -0.1) is 0 Å². The summed E-state index contributed by atoms with van der Waals surface area (Å²) in [7, 11) is 9.13. The zero-order valence-electron chi connectivity index (χ0n) is 26.9. The van der Waals surface area contributed by atoms with Crippen molar-refractivity contribution < 1.29 is 48.2 Å². The zero-order valence-corrected chi connectivity index (χ0v) is 26.9. The van der Waals surface area contributed by atoms with Crippen LogP contribution in [0.2, 0.25) is 0 Å². The Hall–Kier alpha value is -6.16. The lowest BCUT2D eigenvalue weighted by atomic mass is 9.86. The van der Waals surface area contributed by atoms with Gasteiger partial charge in [0.2, 0.25) is 0 Å². The molecular formula is C38H30O10. The van der Waals surface area contributed by atoms with Gasteiger partial charge in [0, 0.05) is 64.6 Å². The first-order valence-corrected chi connectivity index (χ1v) is 14.8. The number of aldehydes is 2. The lowest BCUT2D eigenvalue weighted by Gasteiger charge is -2.22. The largest absolute Gasteiger partial charge is 0.507 e. The minimum absolute atomic E-state index is 0.0302. The molecule has 0 saturated heterocycles.